The molecule has 8 heteroatoms. The van der Waals surface area contributed by atoms with Gasteiger partial charge in [0.05, 0.1) is 6.10 Å². The summed E-state index contributed by atoms with van der Waals surface area (Å²) in [6, 6.07) is 0. The molecule has 0 fully saturated rings. The molecule has 0 aliphatic rings. The molecule has 0 heterocycles. The minimum absolute atomic E-state index is 0.0203. The van der Waals surface area contributed by atoms with Gasteiger partial charge in [0.25, 0.3) is 0 Å². The van der Waals surface area contributed by atoms with E-state index in [2.05, 4.69) is 0 Å². The summed E-state index contributed by atoms with van der Waals surface area (Å²) in [6.45, 7) is 5.37. The van der Waals surface area contributed by atoms with Crippen LogP contribution in [0.3, 0.4) is 0 Å². The Hall–Kier alpha value is -0.830. The highest BCUT2D eigenvalue weighted by atomic mass is 32.2. The van der Waals surface area contributed by atoms with Gasteiger partial charge in [0.2, 0.25) is 0 Å². The Morgan fingerprint density at radius 1 is 1.40 bits per heavy atom. The average Bonchev–Trinajstić information content (AvgIpc) is 2.26. The van der Waals surface area contributed by atoms with E-state index in [4.69, 9.17) is 15.3 Å². The number of nitrogens with one attached hydrogen (secondary N) is 1. The minimum Gasteiger partial charge on any atom is -0.442 e. The SMILES string of the molecule is CC(C)(C)OC(=O)NOCC(=O)CC(O)CSCCN. The van der Waals surface area contributed by atoms with Gasteiger partial charge in [0, 0.05) is 24.5 Å². The van der Waals surface area contributed by atoms with E-state index in [0.29, 0.717) is 12.3 Å². The molecule has 0 radical (unpaired) electrons. The Kier molecular flexibility index (Phi) is 9.56. The van der Waals surface area contributed by atoms with Crippen LogP contribution in [-0.4, -0.2) is 53.3 Å². The number of nitrogens with two attached hydrogens (primary N) is 1. The van der Waals surface area contributed by atoms with E-state index in [9.17, 15) is 14.7 Å². The number of hydrogen-bond donors (Lipinski definition) is 3. The molecular weight excluding hydrogens is 284 g/mol. The molecule has 0 aromatic carbocycles. The van der Waals surface area contributed by atoms with Crippen LogP contribution in [0, 0.1) is 0 Å². The number of Topliss-reactive ketones (excluding diaryl/α,β-unsaturated/α-hetero) is 1. The predicted molar refractivity (Wildman–Crippen MR) is 77.3 cm³/mol. The second-order valence-corrected chi connectivity index (χ2v) is 6.30. The van der Waals surface area contributed by atoms with E-state index < -0.39 is 17.8 Å². The summed E-state index contributed by atoms with van der Waals surface area (Å²) in [5.74, 6) is 0.881. The van der Waals surface area contributed by atoms with Crippen LogP contribution in [-0.2, 0) is 14.4 Å². The summed E-state index contributed by atoms with van der Waals surface area (Å²) >= 11 is 1.48. The van der Waals surface area contributed by atoms with Crippen molar-refractivity contribution in [2.24, 2.45) is 5.73 Å². The van der Waals surface area contributed by atoms with Gasteiger partial charge >= 0.3 is 6.09 Å². The highest BCUT2D eigenvalue weighted by molar-refractivity contribution is 7.99. The number of amides is 1. The largest absolute Gasteiger partial charge is 0.442 e. The fourth-order valence-corrected chi connectivity index (χ4v) is 1.88. The van der Waals surface area contributed by atoms with Gasteiger partial charge in [0.15, 0.2) is 5.78 Å². The van der Waals surface area contributed by atoms with Crippen molar-refractivity contribution in [3.8, 4) is 0 Å². The molecule has 0 saturated heterocycles. The molecule has 7 nitrogen and oxygen atoms in total. The lowest BCUT2D eigenvalue weighted by molar-refractivity contribution is -0.127. The van der Waals surface area contributed by atoms with Gasteiger partial charge in [-0.2, -0.15) is 17.2 Å². The lowest BCUT2D eigenvalue weighted by Gasteiger charge is -2.19. The van der Waals surface area contributed by atoms with Crippen LogP contribution in [0.4, 0.5) is 4.79 Å². The molecule has 0 aliphatic carbocycles. The van der Waals surface area contributed by atoms with Crippen molar-refractivity contribution in [1.82, 2.24) is 5.48 Å². The number of rotatable bonds is 9. The second-order valence-electron chi connectivity index (χ2n) is 5.15. The van der Waals surface area contributed by atoms with Gasteiger partial charge in [-0.05, 0) is 20.8 Å². The van der Waals surface area contributed by atoms with E-state index >= 15 is 0 Å². The summed E-state index contributed by atoms with van der Waals surface area (Å²) in [5.41, 5.74) is 6.69. The normalized spacial score (nSPS) is 12.8. The number of hydrogen-bond acceptors (Lipinski definition) is 7. The van der Waals surface area contributed by atoms with E-state index in [1.807, 2.05) is 5.48 Å². The number of ketones is 1. The maximum Gasteiger partial charge on any atom is 0.431 e. The first-order chi connectivity index (χ1) is 9.24. The minimum atomic E-state index is -0.760. The Morgan fingerprint density at radius 3 is 2.60 bits per heavy atom. The van der Waals surface area contributed by atoms with Crippen molar-refractivity contribution in [2.45, 2.75) is 38.9 Å². The molecule has 20 heavy (non-hydrogen) atoms. The van der Waals surface area contributed by atoms with E-state index in [1.54, 1.807) is 20.8 Å². The summed E-state index contributed by atoms with van der Waals surface area (Å²) in [7, 11) is 0. The number of carbonyl (C=O) groups is 2. The topological polar surface area (TPSA) is 111 Å². The predicted octanol–water partition coefficient (Wildman–Crippen LogP) is 0.455. The summed E-state index contributed by atoms with van der Waals surface area (Å²) in [5, 5.41) is 9.56. The molecule has 0 rings (SSSR count). The quantitative estimate of drug-likeness (QED) is 0.419. The molecule has 118 valence electrons. The molecule has 0 saturated carbocycles. The van der Waals surface area contributed by atoms with Crippen molar-refractivity contribution in [1.29, 1.82) is 0 Å². The van der Waals surface area contributed by atoms with Gasteiger partial charge in [-0.3, -0.25) is 9.63 Å². The Labute approximate surface area is 123 Å². The van der Waals surface area contributed by atoms with Crippen molar-refractivity contribution in [2.75, 3.05) is 24.7 Å². The zero-order valence-electron chi connectivity index (χ0n) is 12.2. The smallest absolute Gasteiger partial charge is 0.431 e. The zero-order chi connectivity index (χ0) is 15.6. The third-order valence-electron chi connectivity index (χ3n) is 1.82. The van der Waals surface area contributed by atoms with Gasteiger partial charge < -0.3 is 15.6 Å². The van der Waals surface area contributed by atoms with Gasteiger partial charge in [-0.1, -0.05) is 0 Å². The Balaban J connectivity index is 3.70. The van der Waals surface area contributed by atoms with E-state index in [0.717, 1.165) is 5.75 Å². The average molecular weight is 308 g/mol. The van der Waals surface area contributed by atoms with Crippen LogP contribution >= 0.6 is 11.8 Å². The molecule has 1 atom stereocenters. The van der Waals surface area contributed by atoms with Crippen molar-refractivity contribution >= 4 is 23.6 Å². The first kappa shape index (κ1) is 19.2. The number of thioether (sulfide) groups is 1. The van der Waals surface area contributed by atoms with Gasteiger partial charge in [-0.25, -0.2) is 4.79 Å². The van der Waals surface area contributed by atoms with Crippen LogP contribution in [0.25, 0.3) is 0 Å². The third kappa shape index (κ3) is 12.2. The number of hydroxylamine groups is 1. The van der Waals surface area contributed by atoms with Crippen LogP contribution in [0.1, 0.15) is 27.2 Å². The fraction of sp³-hybridized carbons (Fsp3) is 0.833. The van der Waals surface area contributed by atoms with Crippen LogP contribution in [0.2, 0.25) is 0 Å². The molecule has 0 aromatic rings. The van der Waals surface area contributed by atoms with Gasteiger partial charge in [0.1, 0.15) is 12.2 Å². The van der Waals surface area contributed by atoms with Gasteiger partial charge in [-0.15, -0.1) is 0 Å². The molecule has 0 aliphatic heterocycles. The molecule has 1 amide bonds. The van der Waals surface area contributed by atoms with Crippen molar-refractivity contribution in [3.05, 3.63) is 0 Å². The Bertz CT molecular complexity index is 307. The summed E-state index contributed by atoms with van der Waals surface area (Å²) in [6.07, 6.45) is -1.51. The number of carbonyl (C=O) groups excluding carboxylic acids is 2. The maximum atomic E-state index is 11.4. The molecule has 0 aromatic heterocycles. The van der Waals surface area contributed by atoms with Crippen LogP contribution < -0.4 is 11.2 Å². The highest BCUT2D eigenvalue weighted by Crippen LogP contribution is 2.07. The van der Waals surface area contributed by atoms with Crippen molar-refractivity contribution < 1.29 is 24.3 Å². The monoisotopic (exact) mass is 308 g/mol. The number of aliphatic hydroxyl groups excluding tert-OH is 1. The molecule has 0 bridgehead atoms. The standard InChI is InChI=1S/C12H24N2O5S/c1-12(2,3)19-11(17)14-18-7-9(15)6-10(16)8-20-5-4-13/h10,16H,4-8,13H2,1-3H3,(H,14,17). The Morgan fingerprint density at radius 2 is 2.05 bits per heavy atom. The fourth-order valence-electron chi connectivity index (χ4n) is 1.16. The lowest BCUT2D eigenvalue weighted by Crippen LogP contribution is -2.34. The van der Waals surface area contributed by atoms with Crippen LogP contribution in [0.5, 0.6) is 0 Å². The van der Waals surface area contributed by atoms with Crippen LogP contribution in [0.15, 0.2) is 0 Å². The third-order valence-corrected chi connectivity index (χ3v) is 2.97. The first-order valence-electron chi connectivity index (χ1n) is 6.33. The number of aliphatic hydroxyl groups is 1. The zero-order valence-corrected chi connectivity index (χ0v) is 13.0. The summed E-state index contributed by atoms with van der Waals surface area (Å²) < 4.78 is 4.92. The number of ether oxygens (including phenoxy) is 1. The summed E-state index contributed by atoms with van der Waals surface area (Å²) in [4.78, 5) is 27.4. The molecular formula is C12H24N2O5S. The van der Waals surface area contributed by atoms with E-state index in [-0.39, 0.29) is 18.8 Å². The molecule has 4 N–H and O–H groups in total. The second kappa shape index (κ2) is 9.98. The maximum absolute atomic E-state index is 11.4. The van der Waals surface area contributed by atoms with E-state index in [1.165, 1.54) is 11.8 Å². The highest BCUT2D eigenvalue weighted by Gasteiger charge is 2.17. The molecule has 1 unspecified atom stereocenters. The lowest BCUT2D eigenvalue weighted by atomic mass is 10.2. The molecule has 0 spiro atoms. The van der Waals surface area contributed by atoms with Crippen molar-refractivity contribution in [3.63, 3.8) is 0 Å². The first-order valence-corrected chi connectivity index (χ1v) is 7.48.